The minimum atomic E-state index is -1.10. The van der Waals surface area contributed by atoms with Crippen LogP contribution in [0.5, 0.6) is 5.75 Å². The van der Waals surface area contributed by atoms with Gasteiger partial charge < -0.3 is 29.4 Å². The Hall–Kier alpha value is -4.85. The van der Waals surface area contributed by atoms with Crippen molar-refractivity contribution in [2.45, 2.75) is 37.8 Å². The molecule has 2 aromatic carbocycles. The smallest absolute Gasteiger partial charge is 0.339 e. The zero-order chi connectivity index (χ0) is 29.1. The first-order valence-corrected chi connectivity index (χ1v) is 13.4. The second-order valence-electron chi connectivity index (χ2n) is 9.55. The van der Waals surface area contributed by atoms with Gasteiger partial charge in [0.2, 0.25) is 0 Å². The van der Waals surface area contributed by atoms with Crippen molar-refractivity contribution < 1.29 is 33.6 Å². The maximum atomic E-state index is 12.1. The Kier molecular flexibility index (Phi) is 7.77. The SMILES string of the molecule is CCNC(=O)Nc1ncnc2c1ncn2C1OC(COc2ccccc2C(=O)O)C2O[C@H](/C=C/c3ccccc3)OC21. The lowest BCUT2D eigenvalue weighted by Gasteiger charge is -2.21. The summed E-state index contributed by atoms with van der Waals surface area (Å²) in [6, 6.07) is 15.8. The van der Waals surface area contributed by atoms with Gasteiger partial charge in [0.25, 0.3) is 0 Å². The molecule has 4 unspecified atom stereocenters. The lowest BCUT2D eigenvalue weighted by molar-refractivity contribution is -0.131. The Bertz CT molecular complexity index is 1610. The number of aromatic carboxylic acids is 1. The largest absolute Gasteiger partial charge is 0.490 e. The van der Waals surface area contributed by atoms with Gasteiger partial charge in [0.1, 0.15) is 42.6 Å². The third kappa shape index (κ3) is 5.52. The highest BCUT2D eigenvalue weighted by atomic mass is 16.8. The number of hydrogen-bond donors (Lipinski definition) is 3. The monoisotopic (exact) mass is 572 g/mol. The predicted molar refractivity (Wildman–Crippen MR) is 150 cm³/mol. The highest BCUT2D eigenvalue weighted by molar-refractivity contribution is 5.95. The fraction of sp³-hybridized carbons (Fsp3) is 0.276. The number of carboxylic acids is 1. The molecule has 2 aliphatic heterocycles. The molecule has 4 aromatic rings. The molecule has 2 fully saturated rings. The number of imidazole rings is 1. The van der Waals surface area contributed by atoms with E-state index >= 15 is 0 Å². The Morgan fingerprint density at radius 3 is 2.62 bits per heavy atom. The second kappa shape index (κ2) is 11.9. The molecule has 0 saturated carbocycles. The zero-order valence-electron chi connectivity index (χ0n) is 22.5. The van der Waals surface area contributed by atoms with Crippen LogP contribution in [0.15, 0.2) is 73.3 Å². The van der Waals surface area contributed by atoms with Crippen LogP contribution < -0.4 is 15.4 Å². The molecule has 0 radical (unpaired) electrons. The maximum Gasteiger partial charge on any atom is 0.339 e. The van der Waals surface area contributed by atoms with Crippen LogP contribution in [0.2, 0.25) is 0 Å². The minimum absolute atomic E-state index is 0.00600. The average Bonchev–Trinajstić information content (AvgIpc) is 3.70. The first-order chi connectivity index (χ1) is 20.5. The number of carbonyl (C=O) groups excluding carboxylic acids is 1. The number of aromatic nitrogens is 4. The number of para-hydroxylation sites is 1. The summed E-state index contributed by atoms with van der Waals surface area (Å²) in [4.78, 5) is 36.8. The molecule has 2 saturated heterocycles. The van der Waals surface area contributed by atoms with E-state index < -0.39 is 42.8 Å². The summed E-state index contributed by atoms with van der Waals surface area (Å²) in [5.74, 6) is -0.631. The first kappa shape index (κ1) is 27.3. The Morgan fingerprint density at radius 2 is 1.81 bits per heavy atom. The van der Waals surface area contributed by atoms with Gasteiger partial charge in [-0.1, -0.05) is 48.5 Å². The van der Waals surface area contributed by atoms with Crippen molar-refractivity contribution in [2.75, 3.05) is 18.5 Å². The number of urea groups is 1. The molecular formula is C29H28N6O7. The third-order valence-electron chi connectivity index (χ3n) is 6.84. The standard InChI is InChI=1S/C29H28N6O7/c1-2-30-29(38)34-25-22-26(32-15-31-25)35(16-33-22)27-24-23(41-21(42-24)13-12-17-8-4-3-5-9-17)20(40-27)14-39-19-11-7-6-10-18(19)28(36)37/h3-13,15-16,20-21,23-24,27H,2,14H2,1H3,(H,36,37)(H2,30,31,32,34,38)/b13-12+/t20?,21-,23?,24?,27?/m0/s1. The number of hydrogen-bond acceptors (Lipinski definition) is 9. The Labute approximate surface area is 240 Å². The third-order valence-corrected chi connectivity index (χ3v) is 6.84. The van der Waals surface area contributed by atoms with E-state index in [-0.39, 0.29) is 23.7 Å². The number of nitrogens with one attached hydrogen (secondary N) is 2. The van der Waals surface area contributed by atoms with Crippen molar-refractivity contribution in [2.24, 2.45) is 0 Å². The van der Waals surface area contributed by atoms with E-state index in [0.717, 1.165) is 5.56 Å². The number of amides is 2. The number of carbonyl (C=O) groups is 2. The van der Waals surface area contributed by atoms with Crippen LogP contribution >= 0.6 is 0 Å². The van der Waals surface area contributed by atoms with E-state index in [1.165, 1.54) is 12.4 Å². The van der Waals surface area contributed by atoms with E-state index in [1.54, 1.807) is 29.1 Å². The molecule has 13 heteroatoms. The summed E-state index contributed by atoms with van der Waals surface area (Å²) < 4.78 is 26.6. The van der Waals surface area contributed by atoms with Crippen molar-refractivity contribution in [1.29, 1.82) is 0 Å². The molecule has 0 aliphatic carbocycles. The van der Waals surface area contributed by atoms with Crippen LogP contribution in [0.1, 0.15) is 29.1 Å². The Balaban J connectivity index is 1.28. The highest BCUT2D eigenvalue weighted by Crippen LogP contribution is 2.41. The van der Waals surface area contributed by atoms with Crippen LogP contribution in [0.4, 0.5) is 10.6 Å². The van der Waals surface area contributed by atoms with Crippen molar-refractivity contribution >= 4 is 35.1 Å². The summed E-state index contributed by atoms with van der Waals surface area (Å²) >= 11 is 0. The van der Waals surface area contributed by atoms with Gasteiger partial charge in [-0.15, -0.1) is 0 Å². The van der Waals surface area contributed by atoms with Crippen LogP contribution in [-0.2, 0) is 14.2 Å². The molecule has 2 amide bonds. The fourth-order valence-corrected chi connectivity index (χ4v) is 4.94. The fourth-order valence-electron chi connectivity index (χ4n) is 4.94. The summed E-state index contributed by atoms with van der Waals surface area (Å²) in [7, 11) is 0. The number of carboxylic acid groups (broad SMARTS) is 1. The molecule has 0 bridgehead atoms. The quantitative estimate of drug-likeness (QED) is 0.271. The topological polar surface area (TPSA) is 159 Å². The molecule has 0 spiro atoms. The number of ether oxygens (including phenoxy) is 4. The van der Waals surface area contributed by atoms with Gasteiger partial charge in [-0.3, -0.25) is 9.88 Å². The molecule has 4 heterocycles. The molecular weight excluding hydrogens is 544 g/mol. The Morgan fingerprint density at radius 1 is 1.02 bits per heavy atom. The molecule has 216 valence electrons. The summed E-state index contributed by atoms with van der Waals surface area (Å²) in [6.07, 6.45) is 3.48. The minimum Gasteiger partial charge on any atom is -0.490 e. The zero-order valence-corrected chi connectivity index (χ0v) is 22.5. The molecule has 3 N–H and O–H groups in total. The van der Waals surface area contributed by atoms with E-state index in [0.29, 0.717) is 17.7 Å². The molecule has 42 heavy (non-hydrogen) atoms. The number of nitrogens with zero attached hydrogens (tertiary/aromatic N) is 4. The van der Waals surface area contributed by atoms with E-state index in [1.807, 2.05) is 49.4 Å². The molecule has 2 aromatic heterocycles. The van der Waals surface area contributed by atoms with Crippen LogP contribution in [0.3, 0.4) is 0 Å². The van der Waals surface area contributed by atoms with Gasteiger partial charge in [-0.25, -0.2) is 24.5 Å². The van der Waals surface area contributed by atoms with Gasteiger partial charge in [0.15, 0.2) is 29.5 Å². The molecule has 2 aliphatic rings. The van der Waals surface area contributed by atoms with Gasteiger partial charge in [-0.05, 0) is 30.7 Å². The highest BCUT2D eigenvalue weighted by Gasteiger charge is 2.53. The van der Waals surface area contributed by atoms with Crippen LogP contribution in [-0.4, -0.2) is 74.4 Å². The molecule has 13 nitrogen and oxygen atoms in total. The summed E-state index contributed by atoms with van der Waals surface area (Å²) in [6.45, 7) is 2.27. The van der Waals surface area contributed by atoms with E-state index in [9.17, 15) is 14.7 Å². The predicted octanol–water partition coefficient (Wildman–Crippen LogP) is 3.47. The van der Waals surface area contributed by atoms with Gasteiger partial charge in [-0.2, -0.15) is 0 Å². The van der Waals surface area contributed by atoms with Gasteiger partial charge >= 0.3 is 12.0 Å². The van der Waals surface area contributed by atoms with E-state index in [4.69, 9.17) is 18.9 Å². The first-order valence-electron chi connectivity index (χ1n) is 13.4. The van der Waals surface area contributed by atoms with Crippen molar-refractivity contribution in [3.63, 3.8) is 0 Å². The normalized spacial score (nSPS) is 23.2. The van der Waals surface area contributed by atoms with Crippen molar-refractivity contribution in [3.05, 3.63) is 84.5 Å². The summed E-state index contributed by atoms with van der Waals surface area (Å²) in [5.41, 5.74) is 1.83. The maximum absolute atomic E-state index is 12.1. The number of benzene rings is 2. The average molecular weight is 573 g/mol. The van der Waals surface area contributed by atoms with Gasteiger partial charge in [0.05, 0.1) is 6.33 Å². The van der Waals surface area contributed by atoms with Crippen LogP contribution in [0.25, 0.3) is 17.2 Å². The number of anilines is 1. The lowest BCUT2D eigenvalue weighted by Crippen LogP contribution is -2.33. The number of fused-ring (bicyclic) bond motifs is 2. The summed E-state index contributed by atoms with van der Waals surface area (Å²) in [5, 5.41) is 14.9. The van der Waals surface area contributed by atoms with Gasteiger partial charge in [0, 0.05) is 6.54 Å². The lowest BCUT2D eigenvalue weighted by atomic mass is 10.1. The second-order valence-corrected chi connectivity index (χ2v) is 9.55. The number of rotatable bonds is 9. The van der Waals surface area contributed by atoms with Crippen molar-refractivity contribution in [1.82, 2.24) is 24.8 Å². The van der Waals surface area contributed by atoms with E-state index in [2.05, 4.69) is 25.6 Å². The van der Waals surface area contributed by atoms with Crippen molar-refractivity contribution in [3.8, 4) is 5.75 Å². The molecule has 6 rings (SSSR count). The van der Waals surface area contributed by atoms with Crippen LogP contribution in [0, 0.1) is 0 Å². The molecule has 5 atom stereocenters.